The number of carbonyl (C=O) groups is 1. The Morgan fingerprint density at radius 1 is 1.38 bits per heavy atom. The second-order valence-corrected chi connectivity index (χ2v) is 3.74. The van der Waals surface area contributed by atoms with Crippen LogP contribution in [0.1, 0.15) is 10.6 Å². The largest absolute Gasteiger partial charge is 1.00 e. The summed E-state index contributed by atoms with van der Waals surface area (Å²) in [6.45, 7) is 0. The number of carboxylic acid groups (broad SMARTS) is 1. The zero-order valence-electron chi connectivity index (χ0n) is 8.38. The van der Waals surface area contributed by atoms with Gasteiger partial charge in [0.2, 0.25) is 4.96 Å². The van der Waals surface area contributed by atoms with Gasteiger partial charge in [0, 0.05) is 11.5 Å². The number of aromatic nitrogens is 3. The quantitative estimate of drug-likeness (QED) is 0.435. The molecule has 0 amide bonds. The molecule has 3 rings (SSSR count). The fourth-order valence-corrected chi connectivity index (χ4v) is 2.25. The molecule has 0 N–H and O–H groups in total. The second-order valence-electron chi connectivity index (χ2n) is 3.01. The molecular formula is C9H4N3NaO2S. The third-order valence-corrected chi connectivity index (χ3v) is 2.84. The SMILES string of the molecule is O=C([O-])c1nsc2nc3ccccc3n12.[Na+]. The van der Waals surface area contributed by atoms with Crippen LogP contribution in [-0.2, 0) is 0 Å². The molecule has 16 heavy (non-hydrogen) atoms. The molecule has 1 aromatic carbocycles. The smallest absolute Gasteiger partial charge is 0.542 e. The number of imidazole rings is 1. The van der Waals surface area contributed by atoms with Gasteiger partial charge in [-0.2, -0.15) is 4.37 Å². The number of carboxylic acids is 1. The summed E-state index contributed by atoms with van der Waals surface area (Å²) < 4.78 is 5.28. The molecule has 0 saturated carbocycles. The summed E-state index contributed by atoms with van der Waals surface area (Å²) in [4.78, 5) is 15.6. The zero-order valence-corrected chi connectivity index (χ0v) is 11.2. The Hall–Kier alpha value is -0.950. The van der Waals surface area contributed by atoms with Crippen LogP contribution in [0.25, 0.3) is 16.0 Å². The maximum atomic E-state index is 10.8. The maximum Gasteiger partial charge on any atom is 1.00 e. The number of benzene rings is 1. The van der Waals surface area contributed by atoms with Crippen LogP contribution in [0.15, 0.2) is 24.3 Å². The summed E-state index contributed by atoms with van der Waals surface area (Å²) in [5, 5.41) is 10.8. The van der Waals surface area contributed by atoms with E-state index in [1.54, 1.807) is 6.07 Å². The minimum absolute atomic E-state index is 0. The first kappa shape index (κ1) is 11.5. The molecule has 3 aromatic rings. The predicted octanol–water partition coefficient (Wildman–Crippen LogP) is -2.69. The molecule has 0 aliphatic rings. The molecule has 0 radical (unpaired) electrons. The number of hydrogen-bond acceptors (Lipinski definition) is 5. The van der Waals surface area contributed by atoms with E-state index in [1.165, 1.54) is 4.40 Å². The van der Waals surface area contributed by atoms with Crippen molar-refractivity contribution in [2.45, 2.75) is 0 Å². The third-order valence-electron chi connectivity index (χ3n) is 2.14. The zero-order chi connectivity index (χ0) is 10.4. The van der Waals surface area contributed by atoms with Gasteiger partial charge in [0.25, 0.3) is 0 Å². The molecule has 2 aromatic heterocycles. The Kier molecular flexibility index (Phi) is 2.98. The Morgan fingerprint density at radius 3 is 2.88 bits per heavy atom. The van der Waals surface area contributed by atoms with Gasteiger partial charge in [0.05, 0.1) is 11.0 Å². The van der Waals surface area contributed by atoms with Crippen LogP contribution in [0.3, 0.4) is 0 Å². The van der Waals surface area contributed by atoms with Crippen molar-refractivity contribution in [1.29, 1.82) is 0 Å². The van der Waals surface area contributed by atoms with Gasteiger partial charge in [-0.25, -0.2) is 4.98 Å². The minimum atomic E-state index is -1.29. The average Bonchev–Trinajstić information content (AvgIpc) is 2.74. The monoisotopic (exact) mass is 241 g/mol. The first-order chi connectivity index (χ1) is 7.27. The van der Waals surface area contributed by atoms with Gasteiger partial charge in [-0.15, -0.1) is 0 Å². The minimum Gasteiger partial charge on any atom is -0.542 e. The van der Waals surface area contributed by atoms with Crippen LogP contribution in [0.2, 0.25) is 0 Å². The number of carbonyl (C=O) groups excluding carboxylic acids is 1. The number of aromatic carboxylic acids is 1. The van der Waals surface area contributed by atoms with Gasteiger partial charge in [0.15, 0.2) is 5.82 Å². The van der Waals surface area contributed by atoms with Gasteiger partial charge >= 0.3 is 29.6 Å². The number of para-hydroxylation sites is 2. The van der Waals surface area contributed by atoms with E-state index in [2.05, 4.69) is 9.36 Å². The topological polar surface area (TPSA) is 70.3 Å². The van der Waals surface area contributed by atoms with Crippen molar-refractivity contribution in [1.82, 2.24) is 13.8 Å². The van der Waals surface area contributed by atoms with Crippen molar-refractivity contribution in [3.8, 4) is 0 Å². The molecule has 0 unspecified atom stereocenters. The van der Waals surface area contributed by atoms with Gasteiger partial charge in [-0.05, 0) is 12.1 Å². The van der Waals surface area contributed by atoms with Crippen LogP contribution in [0.4, 0.5) is 0 Å². The van der Waals surface area contributed by atoms with Crippen molar-refractivity contribution >= 4 is 33.5 Å². The van der Waals surface area contributed by atoms with Crippen LogP contribution in [0.5, 0.6) is 0 Å². The van der Waals surface area contributed by atoms with Crippen LogP contribution < -0.4 is 34.7 Å². The Balaban J connectivity index is 0.000000963. The Labute approximate surface area is 116 Å². The number of rotatable bonds is 1. The molecule has 0 saturated heterocycles. The van der Waals surface area contributed by atoms with E-state index in [0.717, 1.165) is 22.6 Å². The van der Waals surface area contributed by atoms with E-state index < -0.39 is 5.97 Å². The van der Waals surface area contributed by atoms with E-state index in [1.807, 2.05) is 18.2 Å². The fourth-order valence-electron chi connectivity index (χ4n) is 1.52. The molecule has 0 aliphatic carbocycles. The van der Waals surface area contributed by atoms with Gasteiger partial charge in [0.1, 0.15) is 5.97 Å². The van der Waals surface area contributed by atoms with E-state index in [0.29, 0.717) is 4.96 Å². The maximum absolute atomic E-state index is 10.8. The number of fused-ring (bicyclic) bond motifs is 3. The van der Waals surface area contributed by atoms with Gasteiger partial charge in [-0.1, -0.05) is 12.1 Å². The van der Waals surface area contributed by atoms with Crippen LogP contribution in [0, 0.1) is 0 Å². The van der Waals surface area contributed by atoms with Gasteiger partial charge in [-0.3, -0.25) is 4.40 Å². The van der Waals surface area contributed by atoms with E-state index in [4.69, 9.17) is 0 Å². The van der Waals surface area contributed by atoms with E-state index >= 15 is 0 Å². The predicted molar refractivity (Wildman–Crippen MR) is 52.7 cm³/mol. The van der Waals surface area contributed by atoms with Crippen molar-refractivity contribution < 1.29 is 39.5 Å². The molecular weight excluding hydrogens is 237 g/mol. The van der Waals surface area contributed by atoms with Crippen LogP contribution in [-0.4, -0.2) is 19.7 Å². The molecule has 5 nitrogen and oxygen atoms in total. The molecule has 0 aliphatic heterocycles. The summed E-state index contributed by atoms with van der Waals surface area (Å²) in [5.74, 6) is -1.38. The molecule has 0 spiro atoms. The number of nitrogens with zero attached hydrogens (tertiary/aromatic N) is 3. The van der Waals surface area contributed by atoms with Gasteiger partial charge < -0.3 is 9.90 Å². The van der Waals surface area contributed by atoms with E-state index in [9.17, 15) is 9.90 Å². The standard InChI is InChI=1S/C9H5N3O2S.Na/c13-8(14)7-11-15-9-10-5-3-1-2-4-6(5)12(7)9;/h1-4H,(H,13,14);/q;+1/p-1. The number of hydrogen-bond donors (Lipinski definition) is 0. The molecule has 7 heteroatoms. The Bertz CT molecular complexity index is 676. The normalized spacial score (nSPS) is 10.5. The first-order valence-electron chi connectivity index (χ1n) is 4.21. The second kappa shape index (κ2) is 4.14. The Morgan fingerprint density at radius 2 is 2.12 bits per heavy atom. The van der Waals surface area contributed by atoms with Crippen molar-refractivity contribution in [3.63, 3.8) is 0 Å². The third kappa shape index (κ3) is 1.54. The van der Waals surface area contributed by atoms with Crippen molar-refractivity contribution in [3.05, 3.63) is 30.1 Å². The molecule has 0 atom stereocenters. The van der Waals surface area contributed by atoms with E-state index in [-0.39, 0.29) is 35.4 Å². The molecule has 0 bridgehead atoms. The summed E-state index contributed by atoms with van der Waals surface area (Å²) in [6.07, 6.45) is 0. The molecule has 0 fully saturated rings. The summed E-state index contributed by atoms with van der Waals surface area (Å²) >= 11 is 1.05. The summed E-state index contributed by atoms with van der Waals surface area (Å²) in [6, 6.07) is 7.31. The van der Waals surface area contributed by atoms with Crippen molar-refractivity contribution in [2.24, 2.45) is 0 Å². The average molecular weight is 241 g/mol. The molecule has 74 valence electrons. The van der Waals surface area contributed by atoms with Crippen molar-refractivity contribution in [2.75, 3.05) is 0 Å². The van der Waals surface area contributed by atoms with Crippen LogP contribution >= 0.6 is 11.5 Å². The summed E-state index contributed by atoms with van der Waals surface area (Å²) in [5.41, 5.74) is 1.49. The fraction of sp³-hybridized carbons (Fsp3) is 0. The molecule has 2 heterocycles. The summed E-state index contributed by atoms with van der Waals surface area (Å²) in [7, 11) is 0. The first-order valence-corrected chi connectivity index (χ1v) is 4.99.